The lowest BCUT2D eigenvalue weighted by Crippen LogP contribution is -2.23. The maximum absolute atomic E-state index is 15.7. The van der Waals surface area contributed by atoms with Crippen molar-refractivity contribution in [1.82, 2.24) is 19.6 Å². The first kappa shape index (κ1) is 47.4. The Morgan fingerprint density at radius 2 is 0.986 bits per heavy atom. The minimum atomic E-state index is -0.826. The summed E-state index contributed by atoms with van der Waals surface area (Å²) in [4.78, 5) is 43.4. The third-order valence-corrected chi connectivity index (χ3v) is 13.3. The Kier molecular flexibility index (Phi) is 13.1. The van der Waals surface area contributed by atoms with Crippen molar-refractivity contribution in [3.8, 4) is 51.5 Å². The van der Waals surface area contributed by atoms with Crippen LogP contribution in [0.4, 0.5) is 21.2 Å². The number of amides is 2. The zero-order valence-electron chi connectivity index (χ0n) is 40.6. The van der Waals surface area contributed by atoms with Crippen molar-refractivity contribution < 1.29 is 28.6 Å². The summed E-state index contributed by atoms with van der Waals surface area (Å²) in [5, 5.41) is 36.1. The van der Waals surface area contributed by atoms with E-state index < -0.39 is 30.4 Å². The monoisotopic (exact) mass is 966 g/mol. The molecule has 2 N–H and O–H groups in total. The van der Waals surface area contributed by atoms with E-state index in [0.717, 1.165) is 70.2 Å². The van der Waals surface area contributed by atoms with Gasteiger partial charge in [0.2, 0.25) is 0 Å². The molecular formula is C59H50N8O6. The molecule has 0 aliphatic heterocycles. The molecule has 0 bridgehead atoms. The fraction of sp³-hybridized carbons (Fsp3) is 0.203. The number of rotatable bonds is 14. The van der Waals surface area contributed by atoms with Crippen LogP contribution >= 0.6 is 0 Å². The van der Waals surface area contributed by atoms with E-state index in [-0.39, 0.29) is 45.9 Å². The van der Waals surface area contributed by atoms with E-state index >= 15 is 4.79 Å². The zero-order chi connectivity index (χ0) is 50.8. The van der Waals surface area contributed by atoms with Crippen molar-refractivity contribution in [3.63, 3.8) is 0 Å². The average molecular weight is 967 g/mol. The quantitative estimate of drug-likeness (QED) is 0.0784. The fourth-order valence-electron chi connectivity index (χ4n) is 9.45. The first-order valence-electron chi connectivity index (χ1n) is 24.2. The molecule has 0 radical (unpaired) electrons. The van der Waals surface area contributed by atoms with E-state index in [1.807, 2.05) is 147 Å². The van der Waals surface area contributed by atoms with Gasteiger partial charge in [0.25, 0.3) is 0 Å². The summed E-state index contributed by atoms with van der Waals surface area (Å²) in [5.74, 6) is -0.578. The normalized spacial score (nSPS) is 13.7. The highest BCUT2D eigenvalue weighted by molar-refractivity contribution is 6.01. The van der Waals surface area contributed by atoms with Crippen LogP contribution in [0.25, 0.3) is 33.6 Å². The second-order valence-electron chi connectivity index (χ2n) is 18.4. The van der Waals surface area contributed by atoms with Crippen LogP contribution in [-0.2, 0) is 9.47 Å². The third-order valence-electron chi connectivity index (χ3n) is 13.3. The van der Waals surface area contributed by atoms with Gasteiger partial charge in [-0.3, -0.25) is 10.6 Å². The van der Waals surface area contributed by atoms with Gasteiger partial charge in [-0.25, -0.2) is 23.7 Å². The largest absolute Gasteiger partial charge is 0.441 e. The Morgan fingerprint density at radius 3 is 1.41 bits per heavy atom. The van der Waals surface area contributed by atoms with Crippen molar-refractivity contribution in [1.29, 1.82) is 10.5 Å². The maximum atomic E-state index is 15.7. The minimum absolute atomic E-state index is 0.00583. The third kappa shape index (κ3) is 9.66. The molecule has 8 aromatic rings. The first-order chi connectivity index (χ1) is 35.5. The second-order valence-corrected chi connectivity index (χ2v) is 18.4. The zero-order valence-corrected chi connectivity index (χ0v) is 40.6. The Morgan fingerprint density at radius 1 is 0.589 bits per heavy atom. The number of aryl methyl sites for hydroxylation is 2. The molecule has 2 saturated carbocycles. The van der Waals surface area contributed by atoms with Gasteiger partial charge in [0.05, 0.1) is 23.6 Å². The second kappa shape index (κ2) is 20.2. The van der Waals surface area contributed by atoms with Gasteiger partial charge < -0.3 is 14.2 Å². The van der Waals surface area contributed by atoms with Crippen LogP contribution in [-0.4, -0.2) is 37.7 Å². The summed E-state index contributed by atoms with van der Waals surface area (Å²) < 4.78 is 21.4. The lowest BCUT2D eigenvalue weighted by atomic mass is 9.89. The number of ether oxygens (including phenoxy) is 3. The van der Waals surface area contributed by atoms with E-state index in [0.29, 0.717) is 22.5 Å². The summed E-state index contributed by atoms with van der Waals surface area (Å²) in [6, 6.07) is 46.6. The number of hydrogen-bond donors (Lipinski definition) is 2. The van der Waals surface area contributed by atoms with Crippen LogP contribution in [0.2, 0.25) is 0 Å². The molecule has 0 spiro atoms. The molecule has 73 heavy (non-hydrogen) atoms. The molecular weight excluding hydrogens is 917 g/mol. The van der Waals surface area contributed by atoms with Crippen LogP contribution in [0.1, 0.15) is 118 Å². The number of nitrogens with one attached hydrogen (secondary N) is 2. The molecule has 2 fully saturated rings. The SMILES string of the molecule is Cc1cc(-c2ccccc2)c(C2CC2)c(-n2ncc(C#N)c2NC(=O)O[C@H](C)c2ccccc2)c1OC(=O)c1c(C)cc(-c2ccccc2)c(C2CC2)c1-n1ncc(C#N)c1NC(=O)O[C@H](C)c1ccccc1. The highest BCUT2D eigenvalue weighted by Gasteiger charge is 2.38. The van der Waals surface area contributed by atoms with Gasteiger partial charge in [-0.1, -0.05) is 127 Å². The molecule has 0 saturated heterocycles. The molecule has 2 aliphatic rings. The lowest BCUT2D eigenvalue weighted by molar-refractivity contribution is 0.0731. The van der Waals surface area contributed by atoms with Crippen LogP contribution in [0.3, 0.4) is 0 Å². The Labute approximate surface area is 422 Å². The van der Waals surface area contributed by atoms with E-state index in [2.05, 4.69) is 22.8 Å². The van der Waals surface area contributed by atoms with E-state index in [9.17, 15) is 20.1 Å². The van der Waals surface area contributed by atoms with Gasteiger partial charge in [-0.15, -0.1) is 0 Å². The minimum Gasteiger partial charge on any atom is -0.441 e. The van der Waals surface area contributed by atoms with Crippen molar-refractivity contribution >= 4 is 29.8 Å². The van der Waals surface area contributed by atoms with Crippen LogP contribution < -0.4 is 15.4 Å². The highest BCUT2D eigenvalue weighted by Crippen LogP contribution is 2.53. The Balaban J connectivity index is 1.14. The number of aromatic nitrogens is 4. The number of esters is 1. The lowest BCUT2D eigenvalue weighted by Gasteiger charge is -2.25. The smallest absolute Gasteiger partial charge is 0.413 e. The van der Waals surface area contributed by atoms with Gasteiger partial charge in [0, 0.05) is 0 Å². The molecule has 6 aromatic carbocycles. The van der Waals surface area contributed by atoms with E-state index in [1.165, 1.54) is 21.8 Å². The molecule has 14 nitrogen and oxygen atoms in total. The molecule has 362 valence electrons. The summed E-state index contributed by atoms with van der Waals surface area (Å²) in [6.45, 7) is 7.17. The summed E-state index contributed by atoms with van der Waals surface area (Å²) >= 11 is 0. The molecule has 0 unspecified atom stereocenters. The molecule has 2 amide bonds. The molecule has 14 heteroatoms. The number of hydrogen-bond acceptors (Lipinski definition) is 10. The predicted octanol–water partition coefficient (Wildman–Crippen LogP) is 13.3. The number of carbonyl (C=O) groups is 3. The standard InChI is InChI=1S/C59H50N8O6/c1-35-29-47(41-21-13-7-14-22-41)50(43-25-26-43)52(66-55(45(31-60)33-62-66)64-58(69)71-37(3)39-17-9-5-10-18-39)49(35)57(68)73-54-36(2)30-48(42-23-15-8-16-24-42)51(44-27-28-44)53(54)67-56(46(32-61)34-63-67)65-59(70)72-38(4)40-19-11-6-12-20-40/h5-24,29-30,33-34,37-38,43-44H,25-28H2,1-4H3,(H,64,69)(H,65,70)/t37-,38-/m1/s1. The number of nitrogens with zero attached hydrogens (tertiary/aromatic N) is 6. The number of anilines is 2. The first-order valence-corrected chi connectivity index (χ1v) is 24.2. The topological polar surface area (TPSA) is 186 Å². The van der Waals surface area contributed by atoms with Crippen molar-refractivity contribution in [2.24, 2.45) is 0 Å². The molecule has 2 heterocycles. The Hall–Kier alpha value is -9.27. The van der Waals surface area contributed by atoms with E-state index in [1.54, 1.807) is 13.8 Å². The summed E-state index contributed by atoms with van der Waals surface area (Å²) in [7, 11) is 0. The Bertz CT molecular complexity index is 3480. The number of carbonyl (C=O) groups excluding carboxylic acids is 3. The molecule has 2 atom stereocenters. The van der Waals surface area contributed by atoms with E-state index in [4.69, 9.17) is 24.4 Å². The van der Waals surface area contributed by atoms with Crippen molar-refractivity contribution in [2.45, 2.75) is 77.4 Å². The van der Waals surface area contributed by atoms with Crippen molar-refractivity contribution in [3.05, 3.63) is 196 Å². The van der Waals surface area contributed by atoms with Gasteiger partial charge in [0.15, 0.2) is 17.4 Å². The van der Waals surface area contributed by atoms with Gasteiger partial charge >= 0.3 is 18.2 Å². The maximum Gasteiger partial charge on any atom is 0.413 e. The summed E-state index contributed by atoms with van der Waals surface area (Å²) in [5.41, 5.74) is 8.76. The van der Waals surface area contributed by atoms with Gasteiger partial charge in [-0.05, 0) is 127 Å². The fourth-order valence-corrected chi connectivity index (χ4v) is 9.45. The molecule has 10 rings (SSSR count). The highest BCUT2D eigenvalue weighted by atomic mass is 16.6. The van der Waals surface area contributed by atoms with Crippen LogP contribution in [0.15, 0.2) is 146 Å². The molecule has 2 aromatic heterocycles. The number of nitriles is 2. The molecule has 2 aliphatic carbocycles. The van der Waals surface area contributed by atoms with Crippen molar-refractivity contribution in [2.75, 3.05) is 10.6 Å². The van der Waals surface area contributed by atoms with Gasteiger partial charge in [0.1, 0.15) is 41.2 Å². The van der Waals surface area contributed by atoms with Gasteiger partial charge in [-0.2, -0.15) is 20.7 Å². The van der Waals surface area contributed by atoms with Crippen LogP contribution in [0, 0.1) is 36.5 Å². The average Bonchev–Trinajstić information content (AvgIpc) is 4.36. The van der Waals surface area contributed by atoms with Crippen LogP contribution in [0.5, 0.6) is 5.75 Å². The predicted molar refractivity (Wildman–Crippen MR) is 276 cm³/mol. The number of benzene rings is 6. The summed E-state index contributed by atoms with van der Waals surface area (Å²) in [6.07, 6.45) is 3.08.